The molecular formula is C17H17ClFN5O2. The summed E-state index contributed by atoms with van der Waals surface area (Å²) >= 11 is 6.18. The van der Waals surface area contributed by atoms with Gasteiger partial charge in [-0.1, -0.05) is 28.0 Å². The third kappa shape index (κ3) is 2.90. The first-order valence-electron chi connectivity index (χ1n) is 8.22. The minimum absolute atomic E-state index is 0.00177. The fraction of sp³-hybridized carbons (Fsp3) is 0.353. The van der Waals surface area contributed by atoms with Gasteiger partial charge in [-0.15, -0.1) is 0 Å². The molecule has 1 unspecified atom stereocenters. The van der Waals surface area contributed by atoms with E-state index < -0.39 is 5.82 Å². The van der Waals surface area contributed by atoms with E-state index >= 15 is 0 Å². The summed E-state index contributed by atoms with van der Waals surface area (Å²) in [5, 5.41) is 11.6. The highest BCUT2D eigenvalue weighted by atomic mass is 35.5. The summed E-state index contributed by atoms with van der Waals surface area (Å²) in [5.74, 6) is 0.737. The van der Waals surface area contributed by atoms with Crippen molar-refractivity contribution in [3.63, 3.8) is 0 Å². The lowest BCUT2D eigenvalue weighted by atomic mass is 10.1. The lowest BCUT2D eigenvalue weighted by Crippen LogP contribution is -2.44. The van der Waals surface area contributed by atoms with Crippen molar-refractivity contribution in [3.05, 3.63) is 40.6 Å². The van der Waals surface area contributed by atoms with Crippen LogP contribution in [0.3, 0.4) is 0 Å². The molecule has 1 saturated heterocycles. The summed E-state index contributed by atoms with van der Waals surface area (Å²) in [7, 11) is 2.01. The van der Waals surface area contributed by atoms with Gasteiger partial charge < -0.3 is 14.4 Å². The maximum Gasteiger partial charge on any atom is 0.263 e. The van der Waals surface area contributed by atoms with Crippen LogP contribution in [0.4, 0.5) is 4.39 Å². The van der Waals surface area contributed by atoms with Crippen LogP contribution < -0.4 is 5.32 Å². The molecule has 1 aliphatic heterocycles. The predicted molar refractivity (Wildman–Crippen MR) is 93.2 cm³/mol. The molecule has 1 N–H and O–H groups in total. The number of nitrogens with zero attached hydrogens (tertiary/aromatic N) is 4. The molecule has 1 aliphatic rings. The number of halogens is 2. The largest absolute Gasteiger partial charge is 0.360 e. The van der Waals surface area contributed by atoms with Crippen molar-refractivity contribution in [3.8, 4) is 22.7 Å². The van der Waals surface area contributed by atoms with Gasteiger partial charge in [0.1, 0.15) is 22.8 Å². The van der Waals surface area contributed by atoms with Crippen molar-refractivity contribution in [2.75, 3.05) is 26.7 Å². The number of aromatic nitrogens is 3. The third-order valence-electron chi connectivity index (χ3n) is 4.53. The number of piperazine rings is 1. The fourth-order valence-corrected chi connectivity index (χ4v) is 3.34. The number of hydrogen-bond acceptors (Lipinski definition) is 7. The van der Waals surface area contributed by atoms with Crippen LogP contribution in [-0.2, 0) is 0 Å². The van der Waals surface area contributed by atoms with Crippen LogP contribution in [-0.4, -0.2) is 46.9 Å². The van der Waals surface area contributed by atoms with Gasteiger partial charge >= 0.3 is 0 Å². The van der Waals surface area contributed by atoms with Crippen molar-refractivity contribution < 1.29 is 13.4 Å². The average Bonchev–Trinajstić information content (AvgIpc) is 3.22. The van der Waals surface area contributed by atoms with E-state index in [0.29, 0.717) is 17.1 Å². The molecule has 0 bridgehead atoms. The second-order valence-electron chi connectivity index (χ2n) is 6.22. The Morgan fingerprint density at radius 3 is 2.88 bits per heavy atom. The fourth-order valence-electron chi connectivity index (χ4n) is 3.08. The minimum Gasteiger partial charge on any atom is -0.360 e. The Morgan fingerprint density at radius 2 is 2.12 bits per heavy atom. The molecule has 1 fully saturated rings. The molecule has 3 aromatic rings. The highest BCUT2D eigenvalue weighted by molar-refractivity contribution is 6.33. The molecular weight excluding hydrogens is 361 g/mol. The van der Waals surface area contributed by atoms with Crippen molar-refractivity contribution >= 4 is 11.6 Å². The van der Waals surface area contributed by atoms with Gasteiger partial charge in [0.05, 0.1) is 16.6 Å². The topological polar surface area (TPSA) is 80.2 Å². The van der Waals surface area contributed by atoms with Crippen molar-refractivity contribution in [2.45, 2.75) is 13.0 Å². The minimum atomic E-state index is -0.497. The van der Waals surface area contributed by atoms with Crippen LogP contribution in [0.5, 0.6) is 0 Å². The molecule has 136 valence electrons. The first-order chi connectivity index (χ1) is 12.6. The maximum atomic E-state index is 14.3. The van der Waals surface area contributed by atoms with Crippen LogP contribution in [0.15, 0.2) is 27.2 Å². The molecule has 26 heavy (non-hydrogen) atoms. The number of likely N-dealkylation sites (N-methyl/N-ethyl adjacent to an activating group) is 1. The maximum absolute atomic E-state index is 14.3. The van der Waals surface area contributed by atoms with Gasteiger partial charge in [-0.25, -0.2) is 4.39 Å². The Morgan fingerprint density at radius 1 is 1.27 bits per heavy atom. The van der Waals surface area contributed by atoms with E-state index in [2.05, 4.69) is 25.5 Å². The van der Waals surface area contributed by atoms with Crippen LogP contribution in [0.1, 0.15) is 17.6 Å². The zero-order valence-corrected chi connectivity index (χ0v) is 15.0. The van der Waals surface area contributed by atoms with Crippen LogP contribution in [0.2, 0.25) is 5.02 Å². The molecule has 2 aromatic heterocycles. The van der Waals surface area contributed by atoms with Crippen LogP contribution >= 0.6 is 11.6 Å². The van der Waals surface area contributed by atoms with E-state index in [9.17, 15) is 4.39 Å². The predicted octanol–water partition coefficient (Wildman–Crippen LogP) is 3.07. The van der Waals surface area contributed by atoms with Crippen LogP contribution in [0.25, 0.3) is 22.7 Å². The Hall–Kier alpha value is -2.29. The summed E-state index contributed by atoms with van der Waals surface area (Å²) in [6.07, 6.45) is 0. The smallest absolute Gasteiger partial charge is 0.263 e. The molecule has 9 heteroatoms. The number of rotatable bonds is 3. The lowest BCUT2D eigenvalue weighted by Gasteiger charge is -2.30. The van der Waals surface area contributed by atoms with E-state index in [-0.39, 0.29) is 28.2 Å². The quantitative estimate of drug-likeness (QED) is 0.751. The molecule has 3 heterocycles. The molecule has 0 amide bonds. The molecule has 1 atom stereocenters. The summed E-state index contributed by atoms with van der Waals surface area (Å²) < 4.78 is 25.1. The summed E-state index contributed by atoms with van der Waals surface area (Å²) in [6.45, 7) is 4.23. The van der Waals surface area contributed by atoms with Gasteiger partial charge in [-0.3, -0.25) is 4.90 Å². The van der Waals surface area contributed by atoms with E-state index in [1.807, 2.05) is 7.05 Å². The molecule has 0 radical (unpaired) electrons. The third-order valence-corrected chi connectivity index (χ3v) is 4.84. The van der Waals surface area contributed by atoms with Crippen molar-refractivity contribution in [1.82, 2.24) is 25.5 Å². The van der Waals surface area contributed by atoms with Crippen molar-refractivity contribution in [2.24, 2.45) is 0 Å². The van der Waals surface area contributed by atoms with Crippen molar-refractivity contribution in [1.29, 1.82) is 0 Å². The molecule has 0 saturated carbocycles. The van der Waals surface area contributed by atoms with E-state index in [0.717, 1.165) is 19.6 Å². The standard InChI is InChI=1S/C17H17ClFN5O2/c1-9-13(15(22-25-9)14-10(18)4-3-5-11(14)19)17-21-16(23-26-17)12-8-20-6-7-24(12)2/h3-5,12,20H,6-8H2,1-2H3. The average molecular weight is 378 g/mol. The molecule has 0 aliphatic carbocycles. The monoisotopic (exact) mass is 377 g/mol. The molecule has 4 rings (SSSR count). The SMILES string of the molecule is Cc1onc(-c2c(F)cccc2Cl)c1-c1nc(C2CNCCN2C)no1. The Bertz CT molecular complexity index is 921. The second kappa shape index (κ2) is 6.79. The number of hydrogen-bond donors (Lipinski definition) is 1. The zero-order chi connectivity index (χ0) is 18.3. The molecule has 0 spiro atoms. The summed E-state index contributed by atoms with van der Waals surface area (Å²) in [4.78, 5) is 6.66. The lowest BCUT2D eigenvalue weighted by molar-refractivity contribution is 0.190. The van der Waals surface area contributed by atoms with Crippen LogP contribution in [0, 0.1) is 12.7 Å². The summed E-state index contributed by atoms with van der Waals surface area (Å²) in [5.41, 5.74) is 0.843. The van der Waals surface area contributed by atoms with Gasteiger partial charge in [0.25, 0.3) is 5.89 Å². The second-order valence-corrected chi connectivity index (χ2v) is 6.62. The van der Waals surface area contributed by atoms with E-state index in [1.165, 1.54) is 12.1 Å². The number of aryl methyl sites for hydroxylation is 1. The normalized spacial score (nSPS) is 18.4. The highest BCUT2D eigenvalue weighted by Gasteiger charge is 2.29. The van der Waals surface area contributed by atoms with Gasteiger partial charge in [-0.2, -0.15) is 4.98 Å². The number of nitrogens with one attached hydrogen (secondary N) is 1. The Labute approximate surface area is 154 Å². The molecule has 7 nitrogen and oxygen atoms in total. The van der Waals surface area contributed by atoms with Gasteiger partial charge in [0.15, 0.2) is 5.82 Å². The summed E-state index contributed by atoms with van der Waals surface area (Å²) in [6, 6.07) is 4.44. The highest BCUT2D eigenvalue weighted by Crippen LogP contribution is 2.38. The number of benzene rings is 1. The van der Waals surface area contributed by atoms with Gasteiger partial charge in [0, 0.05) is 19.6 Å². The van der Waals surface area contributed by atoms with E-state index in [4.69, 9.17) is 20.6 Å². The van der Waals surface area contributed by atoms with E-state index in [1.54, 1.807) is 13.0 Å². The first kappa shape index (κ1) is 17.1. The zero-order valence-electron chi connectivity index (χ0n) is 14.3. The Kier molecular flexibility index (Phi) is 4.47. The first-order valence-corrected chi connectivity index (χ1v) is 8.59. The van der Waals surface area contributed by atoms with Gasteiger partial charge in [-0.05, 0) is 26.1 Å². The van der Waals surface area contributed by atoms with Gasteiger partial charge in [0.2, 0.25) is 0 Å². The Balaban J connectivity index is 1.77. The molecule has 1 aromatic carbocycles.